The topological polar surface area (TPSA) is 73.2 Å². The van der Waals surface area contributed by atoms with Gasteiger partial charge in [0.15, 0.2) is 6.61 Å². The van der Waals surface area contributed by atoms with Crippen LogP contribution in [0.3, 0.4) is 0 Å². The van der Waals surface area contributed by atoms with Crippen LogP contribution < -0.4 is 5.32 Å². The van der Waals surface area contributed by atoms with Crippen molar-refractivity contribution >= 4 is 22.9 Å². The smallest absolute Gasteiger partial charge is 0.338 e. The fraction of sp³-hybridized carbons (Fsp3) is 0.286. The van der Waals surface area contributed by atoms with Crippen LogP contribution in [0.2, 0.25) is 0 Å². The van der Waals surface area contributed by atoms with Gasteiger partial charge in [-0.25, -0.2) is 9.78 Å². The molecule has 3 rings (SSSR count). The summed E-state index contributed by atoms with van der Waals surface area (Å²) in [6, 6.07) is 14.8. The van der Waals surface area contributed by atoms with Gasteiger partial charge in [0.05, 0.1) is 16.6 Å². The Morgan fingerprint density at radius 2 is 1.81 bits per heavy atom. The van der Waals surface area contributed by atoms with Crippen molar-refractivity contribution in [3.05, 3.63) is 60.4 Å². The summed E-state index contributed by atoms with van der Waals surface area (Å²) in [5.41, 5.74) is 2.86. The van der Waals surface area contributed by atoms with Crippen LogP contribution in [-0.4, -0.2) is 33.6 Å². The molecule has 0 aliphatic heterocycles. The van der Waals surface area contributed by atoms with Crippen LogP contribution in [0.25, 0.3) is 16.7 Å². The van der Waals surface area contributed by atoms with Crippen molar-refractivity contribution in [1.29, 1.82) is 0 Å². The summed E-state index contributed by atoms with van der Waals surface area (Å²) >= 11 is 0. The Hall–Kier alpha value is -3.15. The predicted molar refractivity (Wildman–Crippen MR) is 104 cm³/mol. The molecule has 0 saturated heterocycles. The number of fused-ring (bicyclic) bond motifs is 1. The highest BCUT2D eigenvalue weighted by Gasteiger charge is 2.19. The Morgan fingerprint density at radius 1 is 1.11 bits per heavy atom. The van der Waals surface area contributed by atoms with Gasteiger partial charge < -0.3 is 10.1 Å². The van der Waals surface area contributed by atoms with E-state index in [-0.39, 0.29) is 18.1 Å². The number of benzene rings is 2. The predicted octanol–water partition coefficient (Wildman–Crippen LogP) is 3.49. The van der Waals surface area contributed by atoms with Crippen LogP contribution in [0.4, 0.5) is 0 Å². The number of imidazole rings is 1. The molecule has 1 aromatic heterocycles. The normalized spacial score (nSPS) is 11.4. The summed E-state index contributed by atoms with van der Waals surface area (Å²) in [6.07, 6.45) is 2.54. The zero-order valence-corrected chi connectivity index (χ0v) is 15.7. The van der Waals surface area contributed by atoms with E-state index in [0.717, 1.165) is 23.1 Å². The van der Waals surface area contributed by atoms with Crippen LogP contribution >= 0.6 is 0 Å². The first-order valence-electron chi connectivity index (χ1n) is 8.90. The van der Waals surface area contributed by atoms with Gasteiger partial charge in [-0.1, -0.05) is 19.1 Å². The number of rotatable bonds is 6. The minimum absolute atomic E-state index is 0.295. The van der Waals surface area contributed by atoms with E-state index in [2.05, 4.69) is 10.3 Å². The summed E-state index contributed by atoms with van der Waals surface area (Å²) in [4.78, 5) is 28.4. The number of hydrogen-bond acceptors (Lipinski definition) is 4. The van der Waals surface area contributed by atoms with Crippen LogP contribution in [0.15, 0.2) is 54.9 Å². The average molecular weight is 365 g/mol. The first kappa shape index (κ1) is 18.6. The van der Waals surface area contributed by atoms with Gasteiger partial charge in [0.25, 0.3) is 5.91 Å². The van der Waals surface area contributed by atoms with E-state index < -0.39 is 5.97 Å². The molecule has 0 unspecified atom stereocenters. The number of nitrogens with zero attached hydrogens (tertiary/aromatic N) is 2. The van der Waals surface area contributed by atoms with Gasteiger partial charge in [0.2, 0.25) is 0 Å². The Bertz CT molecular complexity index is 958. The average Bonchev–Trinajstić information content (AvgIpc) is 3.10. The number of esters is 1. The van der Waals surface area contributed by atoms with Gasteiger partial charge >= 0.3 is 5.97 Å². The van der Waals surface area contributed by atoms with E-state index in [0.29, 0.717) is 5.56 Å². The Morgan fingerprint density at radius 3 is 2.52 bits per heavy atom. The zero-order chi connectivity index (χ0) is 19.4. The van der Waals surface area contributed by atoms with E-state index in [1.807, 2.05) is 61.7 Å². The van der Waals surface area contributed by atoms with Gasteiger partial charge in [0, 0.05) is 11.2 Å². The zero-order valence-electron chi connectivity index (χ0n) is 15.7. The molecule has 140 valence electrons. The number of para-hydroxylation sites is 2. The maximum Gasteiger partial charge on any atom is 0.338 e. The highest BCUT2D eigenvalue weighted by Crippen LogP contribution is 2.18. The molecule has 6 heteroatoms. The summed E-state index contributed by atoms with van der Waals surface area (Å²) in [7, 11) is 0. The SMILES string of the molecule is CCC(C)(C)NC(=O)COC(=O)c1ccc(-n2cnc3ccccc32)cc1. The van der Waals surface area contributed by atoms with Crippen LogP contribution in [0, 0.1) is 0 Å². The number of ether oxygens (including phenoxy) is 1. The molecule has 0 atom stereocenters. The minimum atomic E-state index is -0.526. The van der Waals surface area contributed by atoms with Crippen LogP contribution in [0.5, 0.6) is 0 Å². The third-order valence-corrected chi connectivity index (χ3v) is 4.53. The van der Waals surface area contributed by atoms with Crippen molar-refractivity contribution in [2.45, 2.75) is 32.7 Å². The third kappa shape index (κ3) is 4.34. The molecule has 1 heterocycles. The van der Waals surface area contributed by atoms with Crippen molar-refractivity contribution in [2.24, 2.45) is 0 Å². The van der Waals surface area contributed by atoms with Gasteiger partial charge in [-0.3, -0.25) is 9.36 Å². The van der Waals surface area contributed by atoms with E-state index in [4.69, 9.17) is 4.74 Å². The number of amides is 1. The summed E-state index contributed by atoms with van der Waals surface area (Å²) < 4.78 is 7.06. The van der Waals surface area contributed by atoms with Gasteiger partial charge in [-0.2, -0.15) is 0 Å². The number of aromatic nitrogens is 2. The largest absolute Gasteiger partial charge is 0.452 e. The quantitative estimate of drug-likeness (QED) is 0.679. The Balaban J connectivity index is 1.65. The summed E-state index contributed by atoms with van der Waals surface area (Å²) in [5, 5.41) is 2.83. The number of carbonyl (C=O) groups is 2. The second-order valence-corrected chi connectivity index (χ2v) is 7.01. The fourth-order valence-electron chi connectivity index (χ4n) is 2.64. The van der Waals surface area contributed by atoms with E-state index in [1.165, 1.54) is 0 Å². The fourth-order valence-corrected chi connectivity index (χ4v) is 2.64. The summed E-state index contributed by atoms with van der Waals surface area (Å²) in [5.74, 6) is -0.835. The Labute approximate surface area is 158 Å². The molecule has 1 amide bonds. The molecule has 0 saturated carbocycles. The molecular weight excluding hydrogens is 342 g/mol. The van der Waals surface area contributed by atoms with Crippen LogP contribution in [0.1, 0.15) is 37.6 Å². The van der Waals surface area contributed by atoms with E-state index >= 15 is 0 Å². The van der Waals surface area contributed by atoms with Crippen LogP contribution in [-0.2, 0) is 9.53 Å². The standard InChI is InChI=1S/C21H23N3O3/c1-4-21(2,3)23-19(25)13-27-20(26)15-9-11-16(12-10-15)24-14-22-17-7-5-6-8-18(17)24/h5-12,14H,4,13H2,1-3H3,(H,23,25). The second kappa shape index (κ2) is 7.61. The monoisotopic (exact) mass is 365 g/mol. The van der Waals surface area contributed by atoms with Gasteiger partial charge in [-0.15, -0.1) is 0 Å². The highest BCUT2D eigenvalue weighted by atomic mass is 16.5. The maximum atomic E-state index is 12.2. The molecule has 0 fully saturated rings. The molecule has 0 radical (unpaired) electrons. The maximum absolute atomic E-state index is 12.2. The second-order valence-electron chi connectivity index (χ2n) is 7.01. The summed E-state index contributed by atoms with van der Waals surface area (Å²) in [6.45, 7) is 5.53. The molecule has 1 N–H and O–H groups in total. The van der Waals surface area contributed by atoms with E-state index in [1.54, 1.807) is 18.5 Å². The van der Waals surface area contributed by atoms with Crippen molar-refractivity contribution in [3.63, 3.8) is 0 Å². The highest BCUT2D eigenvalue weighted by molar-refractivity contribution is 5.91. The molecule has 27 heavy (non-hydrogen) atoms. The lowest BCUT2D eigenvalue weighted by atomic mass is 10.0. The molecule has 3 aromatic rings. The molecule has 6 nitrogen and oxygen atoms in total. The minimum Gasteiger partial charge on any atom is -0.452 e. The molecule has 0 spiro atoms. The number of nitrogens with one attached hydrogen (secondary N) is 1. The first-order chi connectivity index (χ1) is 12.9. The first-order valence-corrected chi connectivity index (χ1v) is 8.90. The number of carbonyl (C=O) groups excluding carboxylic acids is 2. The molecule has 2 aromatic carbocycles. The van der Waals surface area contributed by atoms with Crippen molar-refractivity contribution in [1.82, 2.24) is 14.9 Å². The molecule has 0 bridgehead atoms. The lowest BCUT2D eigenvalue weighted by molar-refractivity contribution is -0.125. The Kier molecular flexibility index (Phi) is 5.26. The van der Waals surface area contributed by atoms with E-state index in [9.17, 15) is 9.59 Å². The molecule has 0 aliphatic rings. The lowest BCUT2D eigenvalue weighted by Crippen LogP contribution is -2.44. The van der Waals surface area contributed by atoms with Crippen molar-refractivity contribution in [3.8, 4) is 5.69 Å². The number of hydrogen-bond donors (Lipinski definition) is 1. The lowest BCUT2D eigenvalue weighted by Gasteiger charge is -2.24. The third-order valence-electron chi connectivity index (χ3n) is 4.53. The van der Waals surface area contributed by atoms with Crippen molar-refractivity contribution < 1.29 is 14.3 Å². The van der Waals surface area contributed by atoms with Gasteiger partial charge in [-0.05, 0) is 56.7 Å². The van der Waals surface area contributed by atoms with Crippen molar-refractivity contribution in [2.75, 3.05) is 6.61 Å². The molecule has 0 aliphatic carbocycles. The molecular formula is C21H23N3O3. The van der Waals surface area contributed by atoms with Gasteiger partial charge in [0.1, 0.15) is 6.33 Å².